The molecule has 0 spiro atoms. The Morgan fingerprint density at radius 2 is 1.69 bits per heavy atom. The Hall–Kier alpha value is -3.98. The van der Waals surface area contributed by atoms with E-state index >= 15 is 0 Å². The molecule has 0 saturated heterocycles. The smallest absolute Gasteiger partial charge is 0.289 e. The number of hydrazine groups is 1. The second-order valence-electron chi connectivity index (χ2n) is 5.97. The normalized spacial score (nSPS) is 10.5. The van der Waals surface area contributed by atoms with Crippen LogP contribution >= 0.6 is 11.3 Å². The van der Waals surface area contributed by atoms with Crippen LogP contribution in [0.15, 0.2) is 72.4 Å². The van der Waals surface area contributed by atoms with Crippen LogP contribution in [0.25, 0.3) is 16.3 Å². The van der Waals surface area contributed by atoms with Gasteiger partial charge >= 0.3 is 0 Å². The number of aromatic hydroxyl groups is 1. The number of amides is 2. The van der Waals surface area contributed by atoms with Crippen molar-refractivity contribution in [1.82, 2.24) is 25.6 Å². The molecule has 9 heteroatoms. The number of phenols is 1. The summed E-state index contributed by atoms with van der Waals surface area (Å²) < 4.78 is 1.73. The Morgan fingerprint density at radius 3 is 2.48 bits per heavy atom. The highest BCUT2D eigenvalue weighted by Crippen LogP contribution is 2.24. The molecular formula is C20H15N5O3S. The molecule has 2 aromatic carbocycles. The minimum Gasteiger partial charge on any atom is -0.507 e. The molecule has 8 nitrogen and oxygen atoms in total. The summed E-state index contributed by atoms with van der Waals surface area (Å²) >= 11 is 1.29. The topological polar surface area (TPSA) is 109 Å². The number of rotatable bonds is 4. The number of benzene rings is 2. The van der Waals surface area contributed by atoms with Crippen molar-refractivity contribution in [2.24, 2.45) is 0 Å². The van der Waals surface area contributed by atoms with Gasteiger partial charge in [-0.05, 0) is 24.3 Å². The summed E-state index contributed by atoms with van der Waals surface area (Å²) in [4.78, 5) is 28.6. The van der Waals surface area contributed by atoms with E-state index in [9.17, 15) is 14.7 Å². The zero-order chi connectivity index (χ0) is 20.2. The van der Waals surface area contributed by atoms with E-state index in [2.05, 4.69) is 20.9 Å². The Bertz CT molecular complexity index is 1170. The summed E-state index contributed by atoms with van der Waals surface area (Å²) in [5.74, 6) is -1.37. The molecule has 4 aromatic rings. The second kappa shape index (κ2) is 7.95. The van der Waals surface area contributed by atoms with Crippen molar-refractivity contribution in [2.45, 2.75) is 0 Å². The molecule has 0 saturated carbocycles. The van der Waals surface area contributed by atoms with Crippen LogP contribution in [0.1, 0.15) is 20.8 Å². The number of para-hydroxylation sites is 2. The third-order valence-electron chi connectivity index (χ3n) is 4.03. The van der Waals surface area contributed by atoms with Crippen molar-refractivity contribution < 1.29 is 14.7 Å². The van der Waals surface area contributed by atoms with E-state index in [1.54, 1.807) is 28.4 Å². The van der Waals surface area contributed by atoms with Crippen LogP contribution in [0, 0.1) is 0 Å². The van der Waals surface area contributed by atoms with Crippen LogP contribution in [-0.4, -0.2) is 31.7 Å². The summed E-state index contributed by atoms with van der Waals surface area (Å²) in [6.45, 7) is 0. The second-order valence-corrected chi connectivity index (χ2v) is 6.83. The van der Waals surface area contributed by atoms with Crippen molar-refractivity contribution in [2.75, 3.05) is 0 Å². The number of carbonyl (C=O) groups excluding carboxylic acids is 2. The number of nitrogens with one attached hydrogen (secondary N) is 2. The van der Waals surface area contributed by atoms with Gasteiger partial charge in [0.25, 0.3) is 11.8 Å². The molecule has 2 aromatic heterocycles. The van der Waals surface area contributed by atoms with Crippen molar-refractivity contribution in [1.29, 1.82) is 0 Å². The zero-order valence-electron chi connectivity index (χ0n) is 14.9. The van der Waals surface area contributed by atoms with Gasteiger partial charge in [0.15, 0.2) is 0 Å². The average molecular weight is 405 g/mol. The number of thiazole rings is 1. The standard InChI is InChI=1S/C20H15N5O3S/c26-17-9-5-4-8-15(17)18(27)23-24-19(28)16-12-29-20(22-16)13-10-21-25(11-13)14-6-2-1-3-7-14/h1-12,26H,(H,23,27)(H,24,28). The number of aromatic nitrogens is 3. The van der Waals surface area contributed by atoms with E-state index in [1.807, 2.05) is 36.5 Å². The summed E-state index contributed by atoms with van der Waals surface area (Å²) in [6.07, 6.45) is 3.50. The van der Waals surface area contributed by atoms with Gasteiger partial charge in [0.1, 0.15) is 16.5 Å². The molecule has 0 fully saturated rings. The third-order valence-corrected chi connectivity index (χ3v) is 4.92. The molecule has 0 atom stereocenters. The lowest BCUT2D eigenvalue weighted by molar-refractivity contribution is 0.0842. The van der Waals surface area contributed by atoms with Gasteiger partial charge in [0.05, 0.1) is 17.4 Å². The molecule has 0 bridgehead atoms. The van der Waals surface area contributed by atoms with Crippen LogP contribution in [-0.2, 0) is 0 Å². The monoisotopic (exact) mass is 405 g/mol. The van der Waals surface area contributed by atoms with Gasteiger partial charge in [0, 0.05) is 17.1 Å². The van der Waals surface area contributed by atoms with E-state index in [0.717, 1.165) is 11.3 Å². The SMILES string of the molecule is O=C(NNC(=O)c1ccccc1O)c1csc(-c2cnn(-c3ccccc3)c2)n1. The Balaban J connectivity index is 1.42. The molecule has 0 aliphatic rings. The predicted octanol–water partition coefficient (Wildman–Crippen LogP) is 2.78. The molecular weight excluding hydrogens is 390 g/mol. The van der Waals surface area contributed by atoms with Crippen LogP contribution < -0.4 is 10.9 Å². The van der Waals surface area contributed by atoms with E-state index < -0.39 is 11.8 Å². The lowest BCUT2D eigenvalue weighted by Crippen LogP contribution is -2.41. The maximum atomic E-state index is 12.3. The number of hydrogen-bond donors (Lipinski definition) is 3. The summed E-state index contributed by atoms with van der Waals surface area (Å²) in [5, 5.41) is 16.2. The first-order chi connectivity index (χ1) is 14.1. The molecule has 0 aliphatic heterocycles. The third kappa shape index (κ3) is 3.99. The predicted molar refractivity (Wildman–Crippen MR) is 108 cm³/mol. The highest BCUT2D eigenvalue weighted by atomic mass is 32.1. The molecule has 29 heavy (non-hydrogen) atoms. The molecule has 0 unspecified atom stereocenters. The quantitative estimate of drug-likeness (QED) is 0.453. The van der Waals surface area contributed by atoms with Gasteiger partial charge < -0.3 is 5.11 Å². The maximum absolute atomic E-state index is 12.3. The van der Waals surface area contributed by atoms with Crippen molar-refractivity contribution in [3.8, 4) is 22.0 Å². The van der Waals surface area contributed by atoms with Crippen molar-refractivity contribution >= 4 is 23.2 Å². The first kappa shape index (κ1) is 18.4. The van der Waals surface area contributed by atoms with Gasteiger partial charge in [-0.1, -0.05) is 30.3 Å². The lowest BCUT2D eigenvalue weighted by Gasteiger charge is -2.07. The molecule has 2 heterocycles. The van der Waals surface area contributed by atoms with E-state index in [1.165, 1.54) is 23.5 Å². The van der Waals surface area contributed by atoms with Crippen molar-refractivity contribution in [3.05, 3.63) is 83.6 Å². The number of phenolic OH excluding ortho intramolecular Hbond substituents is 1. The van der Waals surface area contributed by atoms with Crippen molar-refractivity contribution in [3.63, 3.8) is 0 Å². The largest absolute Gasteiger partial charge is 0.507 e. The van der Waals surface area contributed by atoms with Gasteiger partial charge in [-0.2, -0.15) is 5.10 Å². The van der Waals surface area contributed by atoms with E-state index in [-0.39, 0.29) is 17.0 Å². The minimum absolute atomic E-state index is 0.0556. The minimum atomic E-state index is -0.629. The maximum Gasteiger partial charge on any atom is 0.289 e. The fourth-order valence-electron chi connectivity index (χ4n) is 2.58. The highest BCUT2D eigenvalue weighted by Gasteiger charge is 2.15. The Morgan fingerprint density at radius 1 is 0.966 bits per heavy atom. The number of carbonyl (C=O) groups is 2. The van der Waals surface area contributed by atoms with Crippen LogP contribution in [0.5, 0.6) is 5.75 Å². The van der Waals surface area contributed by atoms with Gasteiger partial charge in [-0.3, -0.25) is 20.4 Å². The van der Waals surface area contributed by atoms with Crippen LogP contribution in [0.2, 0.25) is 0 Å². The van der Waals surface area contributed by atoms with Gasteiger partial charge in [-0.15, -0.1) is 11.3 Å². The first-order valence-electron chi connectivity index (χ1n) is 8.56. The average Bonchev–Trinajstić information content (AvgIpc) is 3.42. The Labute approximate surface area is 169 Å². The summed E-state index contributed by atoms with van der Waals surface area (Å²) in [5.41, 5.74) is 6.47. The van der Waals surface area contributed by atoms with Crippen LogP contribution in [0.4, 0.5) is 0 Å². The van der Waals surface area contributed by atoms with Gasteiger partial charge in [0.2, 0.25) is 0 Å². The zero-order valence-corrected chi connectivity index (χ0v) is 15.8. The Kier molecular flexibility index (Phi) is 5.04. The highest BCUT2D eigenvalue weighted by molar-refractivity contribution is 7.13. The van der Waals surface area contributed by atoms with Gasteiger partial charge in [-0.25, -0.2) is 9.67 Å². The van der Waals surface area contributed by atoms with E-state index in [4.69, 9.17) is 0 Å². The molecule has 144 valence electrons. The van der Waals surface area contributed by atoms with E-state index in [0.29, 0.717) is 5.01 Å². The lowest BCUT2D eigenvalue weighted by atomic mass is 10.2. The molecule has 2 amide bonds. The fraction of sp³-hybridized carbons (Fsp3) is 0. The molecule has 3 N–H and O–H groups in total. The first-order valence-corrected chi connectivity index (χ1v) is 9.44. The van der Waals surface area contributed by atoms with Crippen LogP contribution in [0.3, 0.4) is 0 Å². The fourth-order valence-corrected chi connectivity index (χ4v) is 3.35. The molecule has 0 aliphatic carbocycles. The molecule has 0 radical (unpaired) electrons. The number of hydrogen-bond acceptors (Lipinski definition) is 6. The number of nitrogens with zero attached hydrogens (tertiary/aromatic N) is 3. The summed E-state index contributed by atoms with van der Waals surface area (Å²) in [7, 11) is 0. The molecule has 4 rings (SSSR count). The summed E-state index contributed by atoms with van der Waals surface area (Å²) in [6, 6.07) is 15.7.